The van der Waals surface area contributed by atoms with E-state index in [2.05, 4.69) is 10.3 Å². The van der Waals surface area contributed by atoms with Crippen LogP contribution in [0.5, 0.6) is 0 Å². The molecule has 0 aliphatic heterocycles. The number of hydrogen-bond donors (Lipinski definition) is 2. The Morgan fingerprint density at radius 2 is 1.92 bits per heavy atom. The Morgan fingerprint density at radius 1 is 1.17 bits per heavy atom. The monoisotopic (exact) mass is 341 g/mol. The van der Waals surface area contributed by atoms with Crippen molar-refractivity contribution in [3.05, 3.63) is 59.0 Å². The van der Waals surface area contributed by atoms with Crippen molar-refractivity contribution in [2.24, 2.45) is 0 Å². The second-order valence-electron chi connectivity index (χ2n) is 5.51. The van der Waals surface area contributed by atoms with Gasteiger partial charge >= 0.3 is 5.69 Å². The number of anilines is 1. The van der Waals surface area contributed by atoms with Crippen LogP contribution < -0.4 is 11.0 Å². The van der Waals surface area contributed by atoms with Gasteiger partial charge in [0, 0.05) is 24.1 Å². The van der Waals surface area contributed by atoms with Crippen molar-refractivity contribution in [1.29, 1.82) is 0 Å². The highest BCUT2D eigenvalue weighted by molar-refractivity contribution is 7.99. The van der Waals surface area contributed by atoms with E-state index < -0.39 is 0 Å². The molecule has 2 aromatic carbocycles. The van der Waals surface area contributed by atoms with E-state index in [1.807, 2.05) is 48.5 Å². The molecule has 124 valence electrons. The first-order chi connectivity index (χ1) is 11.6. The van der Waals surface area contributed by atoms with Gasteiger partial charge in [-0.1, -0.05) is 12.1 Å². The first-order valence-corrected chi connectivity index (χ1v) is 8.80. The second-order valence-corrected chi connectivity index (χ2v) is 6.67. The molecule has 3 aromatic rings. The number of nitrogens with one attached hydrogen (secondary N) is 2. The van der Waals surface area contributed by atoms with Crippen molar-refractivity contribution in [3.8, 4) is 0 Å². The highest BCUT2D eigenvalue weighted by Gasteiger charge is 2.05. The van der Waals surface area contributed by atoms with Crippen molar-refractivity contribution >= 4 is 34.4 Å². The van der Waals surface area contributed by atoms with E-state index in [0.717, 1.165) is 33.8 Å². The summed E-state index contributed by atoms with van der Waals surface area (Å²) in [5.74, 6) is 0.852. The zero-order valence-corrected chi connectivity index (χ0v) is 14.2. The van der Waals surface area contributed by atoms with Crippen molar-refractivity contribution in [2.45, 2.75) is 24.8 Å². The molecule has 1 aromatic heterocycles. The van der Waals surface area contributed by atoms with Crippen molar-refractivity contribution in [1.82, 2.24) is 9.55 Å². The van der Waals surface area contributed by atoms with Crippen LogP contribution in [0.15, 0.2) is 58.2 Å². The van der Waals surface area contributed by atoms with E-state index in [1.54, 1.807) is 16.3 Å². The molecule has 0 unspecified atom stereocenters. The Balaban J connectivity index is 1.54. The Morgan fingerprint density at radius 3 is 2.67 bits per heavy atom. The third kappa shape index (κ3) is 3.89. The molecular weight excluding hydrogens is 322 g/mol. The number of aromatic amines is 1. The van der Waals surface area contributed by atoms with Crippen molar-refractivity contribution in [2.75, 3.05) is 11.1 Å². The lowest BCUT2D eigenvalue weighted by Crippen LogP contribution is -2.17. The minimum absolute atomic E-state index is 0.0548. The molecule has 3 rings (SSSR count). The van der Waals surface area contributed by atoms with E-state index >= 15 is 0 Å². The molecule has 0 saturated carbocycles. The average Bonchev–Trinajstić information content (AvgIpc) is 2.88. The molecule has 0 fully saturated rings. The molecule has 0 bridgehead atoms. The molecular formula is C18H19N3O2S. The summed E-state index contributed by atoms with van der Waals surface area (Å²) in [4.78, 5) is 27.0. The number of para-hydroxylation sites is 2. The summed E-state index contributed by atoms with van der Waals surface area (Å²) in [5.41, 5.74) is 2.58. The number of rotatable bonds is 6. The van der Waals surface area contributed by atoms with Crippen LogP contribution in [-0.4, -0.2) is 21.2 Å². The van der Waals surface area contributed by atoms with Gasteiger partial charge in [0.1, 0.15) is 0 Å². The molecule has 1 heterocycles. The molecule has 0 aliphatic carbocycles. The van der Waals surface area contributed by atoms with Crippen LogP contribution in [0, 0.1) is 0 Å². The number of hydrogen-bond acceptors (Lipinski definition) is 3. The Bertz CT molecular complexity index is 897. The molecule has 0 atom stereocenters. The topological polar surface area (TPSA) is 66.9 Å². The van der Waals surface area contributed by atoms with Gasteiger partial charge < -0.3 is 10.3 Å². The smallest absolute Gasteiger partial charge is 0.326 e. The van der Waals surface area contributed by atoms with Crippen LogP contribution in [0.2, 0.25) is 0 Å². The van der Waals surface area contributed by atoms with Gasteiger partial charge in [-0.25, -0.2) is 4.79 Å². The second kappa shape index (κ2) is 7.40. The van der Waals surface area contributed by atoms with E-state index in [4.69, 9.17) is 0 Å². The highest BCUT2D eigenvalue weighted by Crippen LogP contribution is 2.21. The fraction of sp³-hybridized carbons (Fsp3) is 0.222. The first-order valence-electron chi connectivity index (χ1n) is 7.81. The molecule has 1 amide bonds. The standard InChI is InChI=1S/C18H19N3O2S/c1-13(22)19-14-7-9-15(10-8-14)24-12-4-11-21-17-6-3-2-5-16(17)20-18(21)23/h2-3,5-10H,4,11-12H2,1H3,(H,19,22)(H,20,23). The third-order valence-electron chi connectivity index (χ3n) is 3.65. The van der Waals surface area contributed by atoms with E-state index in [-0.39, 0.29) is 11.6 Å². The number of benzene rings is 2. The Hall–Kier alpha value is -2.47. The Kier molecular flexibility index (Phi) is 5.05. The molecule has 6 heteroatoms. The lowest BCUT2D eigenvalue weighted by Gasteiger charge is -2.05. The third-order valence-corrected chi connectivity index (χ3v) is 4.75. The minimum Gasteiger partial charge on any atom is -0.326 e. The van der Waals surface area contributed by atoms with Crippen LogP contribution in [-0.2, 0) is 11.3 Å². The molecule has 24 heavy (non-hydrogen) atoms. The van der Waals surface area contributed by atoms with E-state index in [1.165, 1.54) is 6.92 Å². The summed E-state index contributed by atoms with van der Waals surface area (Å²) in [7, 11) is 0. The molecule has 5 nitrogen and oxygen atoms in total. The molecule has 0 aliphatic rings. The van der Waals surface area contributed by atoms with Gasteiger partial charge in [0.2, 0.25) is 5.91 Å². The van der Waals surface area contributed by atoms with Gasteiger partial charge in [0.25, 0.3) is 0 Å². The quantitative estimate of drug-likeness (QED) is 0.533. The predicted molar refractivity (Wildman–Crippen MR) is 98.6 cm³/mol. The largest absolute Gasteiger partial charge is 0.326 e. The SMILES string of the molecule is CC(=O)Nc1ccc(SCCCn2c(=O)[nH]c3ccccc32)cc1. The number of carbonyl (C=O) groups is 1. The Labute approximate surface area is 144 Å². The number of H-pyrrole nitrogens is 1. The van der Waals surface area contributed by atoms with Crippen molar-refractivity contribution < 1.29 is 4.79 Å². The van der Waals surface area contributed by atoms with E-state index in [0.29, 0.717) is 6.54 Å². The number of aryl methyl sites for hydroxylation is 1. The lowest BCUT2D eigenvalue weighted by atomic mass is 10.3. The summed E-state index contributed by atoms with van der Waals surface area (Å²) >= 11 is 1.74. The number of imidazole rings is 1. The van der Waals surface area contributed by atoms with Crippen LogP contribution in [0.4, 0.5) is 5.69 Å². The summed E-state index contributed by atoms with van der Waals surface area (Å²) in [6.07, 6.45) is 0.903. The van der Waals surface area contributed by atoms with Gasteiger partial charge in [-0.2, -0.15) is 0 Å². The fourth-order valence-electron chi connectivity index (χ4n) is 2.58. The molecule has 2 N–H and O–H groups in total. The van der Waals surface area contributed by atoms with Crippen LogP contribution >= 0.6 is 11.8 Å². The normalized spacial score (nSPS) is 10.9. The van der Waals surface area contributed by atoms with Crippen molar-refractivity contribution in [3.63, 3.8) is 0 Å². The zero-order chi connectivity index (χ0) is 16.9. The number of aromatic nitrogens is 2. The maximum atomic E-state index is 12.0. The maximum absolute atomic E-state index is 12.0. The van der Waals surface area contributed by atoms with Gasteiger partial charge in [-0.05, 0) is 48.6 Å². The van der Waals surface area contributed by atoms with Gasteiger partial charge in [-0.15, -0.1) is 11.8 Å². The highest BCUT2D eigenvalue weighted by atomic mass is 32.2. The lowest BCUT2D eigenvalue weighted by molar-refractivity contribution is -0.114. The number of nitrogens with zero attached hydrogens (tertiary/aromatic N) is 1. The summed E-state index contributed by atoms with van der Waals surface area (Å²) in [6.45, 7) is 2.19. The van der Waals surface area contributed by atoms with Crippen LogP contribution in [0.1, 0.15) is 13.3 Å². The van der Waals surface area contributed by atoms with Gasteiger partial charge in [0.15, 0.2) is 0 Å². The molecule has 0 spiro atoms. The summed E-state index contributed by atoms with van der Waals surface area (Å²) in [6, 6.07) is 15.5. The fourth-order valence-corrected chi connectivity index (χ4v) is 3.42. The summed E-state index contributed by atoms with van der Waals surface area (Å²) in [5, 5.41) is 2.75. The van der Waals surface area contributed by atoms with Crippen LogP contribution in [0.25, 0.3) is 11.0 Å². The summed E-state index contributed by atoms with van der Waals surface area (Å²) < 4.78 is 1.79. The van der Waals surface area contributed by atoms with E-state index in [9.17, 15) is 9.59 Å². The molecule has 0 saturated heterocycles. The predicted octanol–water partition coefficient (Wildman–Crippen LogP) is 3.47. The average molecular weight is 341 g/mol. The maximum Gasteiger partial charge on any atom is 0.326 e. The van der Waals surface area contributed by atoms with Gasteiger partial charge in [-0.3, -0.25) is 9.36 Å². The number of fused-ring (bicyclic) bond motifs is 1. The minimum atomic E-state index is -0.0698. The number of amides is 1. The number of thioether (sulfide) groups is 1. The molecule has 0 radical (unpaired) electrons. The van der Waals surface area contributed by atoms with Crippen LogP contribution in [0.3, 0.4) is 0 Å². The number of carbonyl (C=O) groups excluding carboxylic acids is 1. The zero-order valence-electron chi connectivity index (χ0n) is 13.4. The van der Waals surface area contributed by atoms with Gasteiger partial charge in [0.05, 0.1) is 11.0 Å². The first kappa shape index (κ1) is 16.4.